The lowest BCUT2D eigenvalue weighted by molar-refractivity contribution is -0.117. The topological polar surface area (TPSA) is 102 Å². The Kier molecular flexibility index (Phi) is 6.00. The van der Waals surface area contributed by atoms with Gasteiger partial charge in [0, 0.05) is 25.7 Å². The van der Waals surface area contributed by atoms with Gasteiger partial charge in [0.1, 0.15) is 17.3 Å². The summed E-state index contributed by atoms with van der Waals surface area (Å²) in [5.41, 5.74) is 2.30. The fourth-order valence-electron chi connectivity index (χ4n) is 4.46. The molecule has 2 aromatic rings. The van der Waals surface area contributed by atoms with Crippen LogP contribution in [0.5, 0.6) is 5.75 Å². The van der Waals surface area contributed by atoms with E-state index in [2.05, 4.69) is 5.16 Å². The van der Waals surface area contributed by atoms with Crippen LogP contribution in [-0.2, 0) is 17.6 Å². The van der Waals surface area contributed by atoms with Crippen LogP contribution in [0.1, 0.15) is 67.8 Å². The number of hydrogen-bond donors (Lipinski definition) is 1. The summed E-state index contributed by atoms with van der Waals surface area (Å²) >= 11 is 0. The number of Topliss-reactive ketones (excluding diaryl/α,β-unsaturated/α-hetero) is 2. The summed E-state index contributed by atoms with van der Waals surface area (Å²) in [5, 5.41) is 14.9. The molecule has 4 rings (SSSR count). The van der Waals surface area contributed by atoms with E-state index in [0.717, 1.165) is 6.42 Å². The molecule has 0 aliphatic heterocycles. The number of rotatable bonds is 6. The highest BCUT2D eigenvalue weighted by Crippen LogP contribution is 2.37. The van der Waals surface area contributed by atoms with E-state index in [9.17, 15) is 14.7 Å². The van der Waals surface area contributed by atoms with Gasteiger partial charge in [0.15, 0.2) is 11.6 Å². The van der Waals surface area contributed by atoms with Crippen molar-refractivity contribution >= 4 is 23.0 Å². The molecule has 0 saturated heterocycles. The quantitative estimate of drug-likeness (QED) is 0.632. The van der Waals surface area contributed by atoms with E-state index in [-0.39, 0.29) is 28.3 Å². The largest absolute Gasteiger partial charge is 0.511 e. The van der Waals surface area contributed by atoms with Gasteiger partial charge in [-0.3, -0.25) is 14.6 Å². The zero-order valence-corrected chi connectivity index (χ0v) is 18.7. The number of aryl methyl sites for hydroxylation is 2. The Labute approximate surface area is 187 Å². The number of methoxy groups -OCH3 is 1. The minimum absolute atomic E-state index is 0.0497. The Balaban J connectivity index is 1.68. The Morgan fingerprint density at radius 1 is 1.16 bits per heavy atom. The molecule has 0 saturated carbocycles. The van der Waals surface area contributed by atoms with Gasteiger partial charge in [0.05, 0.1) is 35.3 Å². The molecule has 7 nitrogen and oxygen atoms in total. The number of ketones is 2. The summed E-state index contributed by atoms with van der Waals surface area (Å²) in [6.45, 7) is 3.93. The van der Waals surface area contributed by atoms with Gasteiger partial charge in [0.2, 0.25) is 0 Å². The van der Waals surface area contributed by atoms with Crippen LogP contribution in [0, 0.1) is 5.41 Å². The summed E-state index contributed by atoms with van der Waals surface area (Å²) in [5.74, 6) is 1.34. The maximum atomic E-state index is 13.0. The number of benzene rings is 1. The minimum atomic E-state index is -0.298. The molecule has 0 amide bonds. The maximum absolute atomic E-state index is 13.0. The molecular weight excluding hydrogens is 408 g/mol. The minimum Gasteiger partial charge on any atom is -0.511 e. The van der Waals surface area contributed by atoms with Crippen molar-refractivity contribution < 1.29 is 24.0 Å². The van der Waals surface area contributed by atoms with Crippen molar-refractivity contribution in [3.05, 3.63) is 52.6 Å². The predicted molar refractivity (Wildman–Crippen MR) is 120 cm³/mol. The summed E-state index contributed by atoms with van der Waals surface area (Å²) in [6.07, 6.45) is 3.47. The lowest BCUT2D eigenvalue weighted by Gasteiger charge is -2.30. The third kappa shape index (κ3) is 4.52. The first-order chi connectivity index (χ1) is 15.3. The number of hydrogen-bond acceptors (Lipinski definition) is 7. The molecule has 0 bridgehead atoms. The number of allylic oxidation sites excluding steroid dienone is 2. The van der Waals surface area contributed by atoms with Gasteiger partial charge in [0.25, 0.3) is 0 Å². The van der Waals surface area contributed by atoms with Gasteiger partial charge in [-0.05, 0) is 48.9 Å². The Morgan fingerprint density at radius 3 is 2.59 bits per heavy atom. The van der Waals surface area contributed by atoms with E-state index < -0.39 is 0 Å². The summed E-state index contributed by atoms with van der Waals surface area (Å²) in [4.78, 5) is 30.1. The van der Waals surface area contributed by atoms with Gasteiger partial charge in [-0.25, -0.2) is 0 Å². The Morgan fingerprint density at radius 2 is 1.91 bits per heavy atom. The first kappa shape index (κ1) is 22.0. The van der Waals surface area contributed by atoms with E-state index >= 15 is 0 Å². The van der Waals surface area contributed by atoms with Crippen LogP contribution in [0.3, 0.4) is 0 Å². The highest BCUT2D eigenvalue weighted by atomic mass is 16.5. The molecule has 2 aliphatic rings. The summed E-state index contributed by atoms with van der Waals surface area (Å²) in [6, 6.07) is 7.19. The molecule has 2 aliphatic carbocycles. The van der Waals surface area contributed by atoms with Crippen LogP contribution in [0.25, 0.3) is 0 Å². The SMILES string of the molecule is COc1ccc(N=C(CCc2noc3c2C(=O)CCC3)C2=C(O)CC(C)(C)CC2=O)cc1. The third-order valence-electron chi connectivity index (χ3n) is 6.00. The van der Waals surface area contributed by atoms with E-state index in [0.29, 0.717) is 72.7 Å². The van der Waals surface area contributed by atoms with Crippen LogP contribution in [0.15, 0.2) is 45.1 Å². The van der Waals surface area contributed by atoms with Crippen molar-refractivity contribution in [2.24, 2.45) is 10.4 Å². The summed E-state index contributed by atoms with van der Waals surface area (Å²) < 4.78 is 10.6. The second kappa shape index (κ2) is 8.73. The monoisotopic (exact) mass is 436 g/mol. The van der Waals surface area contributed by atoms with Crippen molar-refractivity contribution in [3.63, 3.8) is 0 Å². The average Bonchev–Trinajstić information content (AvgIpc) is 3.15. The van der Waals surface area contributed by atoms with E-state index in [1.165, 1.54) is 0 Å². The molecule has 1 aromatic heterocycles. The number of aliphatic hydroxyl groups is 1. The standard InChI is InChI=1S/C25H28N2O5/c1-25(2)13-20(29)23(21(30)14-25)17(26-15-7-9-16(31-3)10-8-15)11-12-18-24-19(28)5-4-6-22(24)32-27-18/h7-10,29H,4-6,11-14H2,1-3H3. The molecule has 1 N–H and O–H groups in total. The molecular formula is C25H28N2O5. The van der Waals surface area contributed by atoms with E-state index in [4.69, 9.17) is 14.3 Å². The van der Waals surface area contributed by atoms with Crippen LogP contribution in [0.2, 0.25) is 0 Å². The first-order valence-electron chi connectivity index (χ1n) is 11.0. The molecule has 168 valence electrons. The average molecular weight is 437 g/mol. The lowest BCUT2D eigenvalue weighted by Crippen LogP contribution is -2.29. The zero-order chi connectivity index (χ0) is 22.9. The molecule has 0 radical (unpaired) electrons. The lowest BCUT2D eigenvalue weighted by atomic mass is 9.75. The predicted octanol–water partition coefficient (Wildman–Crippen LogP) is 5.11. The van der Waals surface area contributed by atoms with Gasteiger partial charge in [-0.1, -0.05) is 19.0 Å². The number of aromatic nitrogens is 1. The molecule has 7 heteroatoms. The van der Waals surface area contributed by atoms with Crippen molar-refractivity contribution in [2.75, 3.05) is 7.11 Å². The van der Waals surface area contributed by atoms with Gasteiger partial charge >= 0.3 is 0 Å². The fraction of sp³-hybridized carbons (Fsp3) is 0.440. The first-order valence-corrected chi connectivity index (χ1v) is 11.0. The molecule has 0 atom stereocenters. The summed E-state index contributed by atoms with van der Waals surface area (Å²) in [7, 11) is 1.59. The Hall–Kier alpha value is -3.22. The van der Waals surface area contributed by atoms with Gasteiger partial charge < -0.3 is 14.4 Å². The number of ether oxygens (including phenoxy) is 1. The van der Waals surface area contributed by atoms with Crippen molar-refractivity contribution in [2.45, 2.75) is 58.8 Å². The van der Waals surface area contributed by atoms with Crippen molar-refractivity contribution in [1.82, 2.24) is 5.16 Å². The van der Waals surface area contributed by atoms with Gasteiger partial charge in [-0.2, -0.15) is 0 Å². The number of carbonyl (C=O) groups excluding carboxylic acids is 2. The normalized spacial score (nSPS) is 18.7. The Bertz CT molecular complexity index is 1110. The number of nitrogens with zero attached hydrogens (tertiary/aromatic N) is 2. The highest BCUT2D eigenvalue weighted by molar-refractivity contribution is 6.23. The van der Waals surface area contributed by atoms with Crippen molar-refractivity contribution in [1.29, 1.82) is 0 Å². The second-order valence-electron chi connectivity index (χ2n) is 9.22. The molecule has 0 spiro atoms. The van der Waals surface area contributed by atoms with Gasteiger partial charge in [-0.15, -0.1) is 0 Å². The molecule has 1 heterocycles. The van der Waals surface area contributed by atoms with E-state index in [1.807, 2.05) is 13.8 Å². The van der Waals surface area contributed by atoms with E-state index in [1.54, 1.807) is 31.4 Å². The second-order valence-corrected chi connectivity index (χ2v) is 9.22. The highest BCUT2D eigenvalue weighted by Gasteiger charge is 2.35. The molecule has 1 aromatic carbocycles. The zero-order valence-electron chi connectivity index (χ0n) is 18.7. The smallest absolute Gasteiger partial charge is 0.168 e. The fourth-order valence-corrected chi connectivity index (χ4v) is 4.46. The third-order valence-corrected chi connectivity index (χ3v) is 6.00. The molecule has 0 unspecified atom stereocenters. The van der Waals surface area contributed by atoms with Crippen LogP contribution >= 0.6 is 0 Å². The molecule has 32 heavy (non-hydrogen) atoms. The van der Waals surface area contributed by atoms with Crippen LogP contribution < -0.4 is 4.74 Å². The van der Waals surface area contributed by atoms with Crippen LogP contribution in [-0.4, -0.2) is 34.7 Å². The number of fused-ring (bicyclic) bond motifs is 1. The maximum Gasteiger partial charge on any atom is 0.168 e. The molecule has 0 fully saturated rings. The number of aliphatic imine (C=N–C) groups is 1. The number of carbonyl (C=O) groups is 2. The van der Waals surface area contributed by atoms with Crippen molar-refractivity contribution in [3.8, 4) is 5.75 Å². The van der Waals surface area contributed by atoms with Crippen LogP contribution in [0.4, 0.5) is 5.69 Å². The number of aliphatic hydroxyl groups excluding tert-OH is 1.